The number of hydrogen-bond acceptors (Lipinski definition) is 10. The number of sulfone groups is 4. The van der Waals surface area contributed by atoms with Crippen LogP contribution in [0, 0.1) is 5.92 Å². The highest BCUT2D eigenvalue weighted by molar-refractivity contribution is 7.92. The zero-order valence-corrected chi connectivity index (χ0v) is 37.1. The predicted octanol–water partition coefficient (Wildman–Crippen LogP) is 6.11. The minimum Gasteiger partial charge on any atom is -0.324 e. The summed E-state index contributed by atoms with van der Waals surface area (Å²) in [5.41, 5.74) is 0.354. The van der Waals surface area contributed by atoms with Crippen molar-refractivity contribution in [2.24, 2.45) is 5.92 Å². The topological polar surface area (TPSA) is 171 Å². The van der Waals surface area contributed by atoms with Gasteiger partial charge in [0.25, 0.3) is 0 Å². The molecular formula is C30H71O10PS5. The van der Waals surface area contributed by atoms with Gasteiger partial charge in [-0.3, -0.25) is 4.21 Å². The van der Waals surface area contributed by atoms with Crippen LogP contribution < -0.4 is 0 Å². The highest BCUT2D eigenvalue weighted by Crippen LogP contribution is 2.41. The van der Waals surface area contributed by atoms with E-state index in [-0.39, 0.29) is 32.7 Å². The minimum absolute atomic E-state index is 0.00694. The highest BCUT2D eigenvalue weighted by atomic mass is 32.2. The van der Waals surface area contributed by atoms with Crippen molar-refractivity contribution in [2.75, 3.05) is 43.6 Å². The van der Waals surface area contributed by atoms with Crippen LogP contribution in [0.1, 0.15) is 109 Å². The minimum atomic E-state index is -2.74. The molecule has 46 heavy (non-hydrogen) atoms. The van der Waals surface area contributed by atoms with Crippen molar-refractivity contribution in [1.29, 1.82) is 0 Å². The summed E-state index contributed by atoms with van der Waals surface area (Å²) < 4.78 is 107. The van der Waals surface area contributed by atoms with Gasteiger partial charge < -0.3 is 4.57 Å². The zero-order valence-electron chi connectivity index (χ0n) is 32.1. The largest absolute Gasteiger partial charge is 0.324 e. The smallest absolute Gasteiger partial charge is 0.155 e. The van der Waals surface area contributed by atoms with E-state index in [1.54, 1.807) is 54.7 Å². The molecule has 0 radical (unpaired) electrons. The summed E-state index contributed by atoms with van der Waals surface area (Å²) in [6.45, 7) is 27.2. The Hall–Kier alpha value is 0.180. The fourth-order valence-corrected chi connectivity index (χ4v) is 5.66. The summed E-state index contributed by atoms with van der Waals surface area (Å²) in [7, 11) is -13.3. The quantitative estimate of drug-likeness (QED) is 0.249. The summed E-state index contributed by atoms with van der Waals surface area (Å²) in [5, 5.41) is -0.310. The van der Waals surface area contributed by atoms with Gasteiger partial charge in [0.2, 0.25) is 0 Å². The molecule has 0 saturated heterocycles. The maximum atomic E-state index is 11.3. The van der Waals surface area contributed by atoms with Crippen molar-refractivity contribution in [2.45, 2.75) is 141 Å². The highest BCUT2D eigenvalue weighted by Gasteiger charge is 2.33. The number of rotatable bonds is 9. The second-order valence-corrected chi connectivity index (χ2v) is 29.9. The normalized spacial score (nSPS) is 14.8. The molecule has 0 N–H and O–H groups in total. The first-order valence-corrected chi connectivity index (χ1v) is 27.3. The molecule has 0 aromatic heterocycles. The molecule has 1 rings (SSSR count). The van der Waals surface area contributed by atoms with E-state index in [4.69, 9.17) is 0 Å². The van der Waals surface area contributed by atoms with Crippen LogP contribution in [-0.4, -0.2) is 113 Å². The SMILES string of the molecule is CC(C)CS(C)(=O)=O.CC(C)P(C)(C)=O.CC(C)S(=O)(=O)C1CCC1.CC(C)S(C)(=O)=O.CC(C)S(C)=O.CCS(=O)(=O)C(C)C. The van der Waals surface area contributed by atoms with Gasteiger partial charge in [-0.2, -0.15) is 0 Å². The Labute approximate surface area is 289 Å². The van der Waals surface area contributed by atoms with Crippen LogP contribution in [0.25, 0.3) is 0 Å². The lowest BCUT2D eigenvalue weighted by Gasteiger charge is -2.26. The van der Waals surface area contributed by atoms with E-state index in [2.05, 4.69) is 0 Å². The summed E-state index contributed by atoms with van der Waals surface area (Å²) in [6.07, 6.45) is 7.08. The maximum Gasteiger partial charge on any atom is 0.155 e. The van der Waals surface area contributed by atoms with Gasteiger partial charge in [-0.25, -0.2) is 33.7 Å². The Morgan fingerprint density at radius 2 is 1.00 bits per heavy atom. The molecule has 16 heteroatoms. The molecule has 1 fully saturated rings. The molecule has 286 valence electrons. The van der Waals surface area contributed by atoms with Crippen LogP contribution in [0.2, 0.25) is 0 Å². The molecule has 0 aromatic rings. The van der Waals surface area contributed by atoms with Crippen LogP contribution in [-0.2, 0) is 54.7 Å². The molecule has 0 amide bonds. The van der Waals surface area contributed by atoms with Crippen LogP contribution in [0.4, 0.5) is 0 Å². The van der Waals surface area contributed by atoms with Crippen LogP contribution in [0.15, 0.2) is 0 Å². The molecule has 10 nitrogen and oxygen atoms in total. The van der Waals surface area contributed by atoms with E-state index in [0.717, 1.165) is 19.3 Å². The summed E-state index contributed by atoms with van der Waals surface area (Å²) in [4.78, 5) is 0. The van der Waals surface area contributed by atoms with Gasteiger partial charge in [-0.15, -0.1) is 0 Å². The molecule has 0 aliphatic heterocycles. The Kier molecular flexibility index (Phi) is 30.4. The van der Waals surface area contributed by atoms with Gasteiger partial charge in [0, 0.05) is 46.2 Å². The van der Waals surface area contributed by atoms with Crippen molar-refractivity contribution in [1.82, 2.24) is 0 Å². The van der Waals surface area contributed by atoms with Gasteiger partial charge in [-0.05, 0) is 73.6 Å². The molecule has 1 unspecified atom stereocenters. The van der Waals surface area contributed by atoms with Gasteiger partial charge in [-0.1, -0.05) is 54.9 Å². The van der Waals surface area contributed by atoms with Crippen molar-refractivity contribution in [3.05, 3.63) is 0 Å². The van der Waals surface area contributed by atoms with Crippen molar-refractivity contribution in [3.8, 4) is 0 Å². The van der Waals surface area contributed by atoms with E-state index >= 15 is 0 Å². The number of hydrogen-bond donors (Lipinski definition) is 0. The molecule has 0 heterocycles. The second-order valence-electron chi connectivity index (χ2n) is 13.6. The van der Waals surface area contributed by atoms with Gasteiger partial charge >= 0.3 is 0 Å². The lowest BCUT2D eigenvalue weighted by molar-refractivity contribution is 0.472. The second kappa shape index (κ2) is 25.2. The molecule has 1 atom stereocenters. The Bertz CT molecular complexity index is 1290. The Morgan fingerprint density at radius 1 is 0.696 bits per heavy atom. The summed E-state index contributed by atoms with van der Waals surface area (Å²) in [6, 6.07) is 0. The average Bonchev–Trinajstić information content (AvgIpc) is 2.76. The monoisotopic (exact) mass is 782 g/mol. The zero-order chi connectivity index (χ0) is 38.7. The summed E-state index contributed by atoms with van der Waals surface area (Å²) >= 11 is 0. The molecule has 0 bridgehead atoms. The fraction of sp³-hybridized carbons (Fsp3) is 1.00. The van der Waals surface area contributed by atoms with Crippen molar-refractivity contribution < 1.29 is 42.4 Å². The third-order valence-electron chi connectivity index (χ3n) is 6.69. The molecule has 0 aromatic carbocycles. The molecule has 1 aliphatic carbocycles. The molecular weight excluding hydrogens is 712 g/mol. The Morgan fingerprint density at radius 3 is 1.02 bits per heavy atom. The van der Waals surface area contributed by atoms with Crippen LogP contribution in [0.3, 0.4) is 0 Å². The lowest BCUT2D eigenvalue weighted by atomic mass is 10.00. The first kappa shape index (κ1) is 55.6. The molecule has 0 spiro atoms. The van der Waals surface area contributed by atoms with Gasteiger partial charge in [0.15, 0.2) is 19.7 Å². The van der Waals surface area contributed by atoms with Crippen LogP contribution in [0.5, 0.6) is 0 Å². The standard InChI is InChI=1S/C7H14O2S.2C5H12O2S.C5H13OP.C4H10O2S.C4H10OS/c1-6(2)10(8,9)7-4-3-5-7;1-5(2)4-8(3,6)7;1-4-8(6,7)5(2)3;1-5(2)7(3,4)6;1-4(2)7(3,5)6;1-4(2)6(3)5/h6-7H,3-5H2,1-2H3;2*5H,4H2,1-3H3;5H,1-4H3;4H,1-3H3;4H,1-3H3. The van der Waals surface area contributed by atoms with Crippen molar-refractivity contribution >= 4 is 57.3 Å². The third-order valence-corrected chi connectivity index (χ3v) is 18.5. The van der Waals surface area contributed by atoms with E-state index < -0.39 is 57.3 Å². The van der Waals surface area contributed by atoms with E-state index in [1.807, 2.05) is 54.9 Å². The molecule has 1 aliphatic rings. The predicted molar refractivity (Wildman–Crippen MR) is 205 cm³/mol. The van der Waals surface area contributed by atoms with E-state index in [1.165, 1.54) is 12.5 Å². The van der Waals surface area contributed by atoms with Crippen molar-refractivity contribution in [3.63, 3.8) is 0 Å². The average molecular weight is 783 g/mol. The van der Waals surface area contributed by atoms with E-state index in [0.29, 0.717) is 16.7 Å². The Balaban J connectivity index is -0.000000147. The molecule has 1 saturated carbocycles. The first-order chi connectivity index (χ1) is 20.0. The van der Waals surface area contributed by atoms with Gasteiger partial charge in [0.1, 0.15) is 19.7 Å². The first-order valence-electron chi connectivity index (χ1n) is 15.7. The van der Waals surface area contributed by atoms with E-state index in [9.17, 15) is 42.4 Å². The third kappa shape index (κ3) is 35.5. The van der Waals surface area contributed by atoms with Crippen LogP contribution >= 0.6 is 7.14 Å². The summed E-state index contributed by atoms with van der Waals surface area (Å²) in [5.74, 6) is 0.808. The maximum absolute atomic E-state index is 11.3. The fourth-order valence-electron chi connectivity index (χ4n) is 2.02. The van der Waals surface area contributed by atoms with Gasteiger partial charge in [0.05, 0.1) is 33.9 Å². The lowest BCUT2D eigenvalue weighted by Crippen LogP contribution is -2.33.